The van der Waals surface area contributed by atoms with Crippen LogP contribution in [0.15, 0.2) is 60.5 Å². The van der Waals surface area contributed by atoms with E-state index in [0.29, 0.717) is 18.0 Å². The molecular weight excluding hydrogens is 404 g/mol. The van der Waals surface area contributed by atoms with Crippen LogP contribution < -0.4 is 0 Å². The van der Waals surface area contributed by atoms with Crippen molar-refractivity contribution in [3.05, 3.63) is 76.6 Å². The van der Waals surface area contributed by atoms with Crippen molar-refractivity contribution in [1.82, 2.24) is 9.80 Å². The van der Waals surface area contributed by atoms with Gasteiger partial charge < -0.3 is 14.4 Å². The van der Waals surface area contributed by atoms with E-state index in [4.69, 9.17) is 21.1 Å². The van der Waals surface area contributed by atoms with Gasteiger partial charge in [-0.3, -0.25) is 0 Å². The highest BCUT2D eigenvalue weighted by molar-refractivity contribution is 6.30. The van der Waals surface area contributed by atoms with Crippen molar-refractivity contribution in [3.8, 4) is 0 Å². The number of nitrogens with zero attached hydrogens (tertiary/aromatic N) is 2. The van der Waals surface area contributed by atoms with Gasteiger partial charge in [0, 0.05) is 17.1 Å². The molecule has 2 aromatic rings. The largest absolute Gasteiger partial charge is 0.447 e. The van der Waals surface area contributed by atoms with Gasteiger partial charge in [0.25, 0.3) is 0 Å². The van der Waals surface area contributed by atoms with Crippen molar-refractivity contribution in [2.75, 3.05) is 13.2 Å². The Morgan fingerprint density at radius 1 is 1.00 bits per heavy atom. The number of amides is 2. The number of halogens is 1. The number of cyclic esters (lactones) is 2. The quantitative estimate of drug-likeness (QED) is 0.714. The van der Waals surface area contributed by atoms with Crippen LogP contribution in [-0.2, 0) is 15.9 Å². The highest BCUT2D eigenvalue weighted by atomic mass is 35.5. The molecule has 2 amide bonds. The number of hydrogen-bond donors (Lipinski definition) is 0. The van der Waals surface area contributed by atoms with Gasteiger partial charge in [-0.2, -0.15) is 0 Å². The number of carbonyl (C=O) groups excluding carboxylic acids is 2. The van der Waals surface area contributed by atoms with E-state index < -0.39 is 12.2 Å². The second-order valence-electron chi connectivity index (χ2n) is 7.74. The zero-order chi connectivity index (χ0) is 20.7. The Morgan fingerprint density at radius 3 is 2.53 bits per heavy atom. The van der Waals surface area contributed by atoms with Crippen molar-refractivity contribution in [3.63, 3.8) is 0 Å². The Bertz CT molecular complexity index is 1010. The summed E-state index contributed by atoms with van der Waals surface area (Å²) in [5.41, 5.74) is 2.81. The first-order valence-corrected chi connectivity index (χ1v) is 10.5. The number of fused-ring (bicyclic) bond motifs is 1. The molecule has 7 heteroatoms. The van der Waals surface area contributed by atoms with Crippen LogP contribution in [0.4, 0.5) is 9.59 Å². The molecule has 3 heterocycles. The average Bonchev–Trinajstić information content (AvgIpc) is 3.37. The smallest absolute Gasteiger partial charge is 0.417 e. The van der Waals surface area contributed by atoms with Gasteiger partial charge in [0.1, 0.15) is 6.61 Å². The molecule has 0 saturated carbocycles. The molecule has 0 aliphatic carbocycles. The summed E-state index contributed by atoms with van der Waals surface area (Å²) in [5, 5.41) is 0.625. The predicted octanol–water partition coefficient (Wildman–Crippen LogP) is 4.69. The summed E-state index contributed by atoms with van der Waals surface area (Å²) in [6.45, 7) is 0.892. The molecule has 0 unspecified atom stereocenters. The zero-order valence-electron chi connectivity index (χ0n) is 16.3. The topological polar surface area (TPSA) is 59.1 Å². The number of carbonyl (C=O) groups is 2. The van der Waals surface area contributed by atoms with Crippen molar-refractivity contribution in [2.24, 2.45) is 0 Å². The van der Waals surface area contributed by atoms with Crippen molar-refractivity contribution < 1.29 is 19.1 Å². The van der Waals surface area contributed by atoms with Crippen molar-refractivity contribution in [2.45, 2.75) is 31.3 Å². The van der Waals surface area contributed by atoms with Crippen LogP contribution in [0.3, 0.4) is 0 Å². The molecule has 6 nitrogen and oxygen atoms in total. The predicted molar refractivity (Wildman–Crippen MR) is 112 cm³/mol. The molecule has 0 N–H and O–H groups in total. The van der Waals surface area contributed by atoms with E-state index in [-0.39, 0.29) is 24.6 Å². The third-order valence-corrected chi connectivity index (χ3v) is 6.14. The zero-order valence-corrected chi connectivity index (χ0v) is 17.0. The molecule has 5 rings (SSSR count). The van der Waals surface area contributed by atoms with E-state index in [1.54, 1.807) is 17.0 Å². The Labute approximate surface area is 179 Å². The van der Waals surface area contributed by atoms with Gasteiger partial charge in [0.15, 0.2) is 0 Å². The molecule has 2 atom stereocenters. The minimum Gasteiger partial charge on any atom is -0.447 e. The average molecular weight is 425 g/mol. The maximum atomic E-state index is 12.7. The van der Waals surface area contributed by atoms with Crippen LogP contribution in [0.5, 0.6) is 0 Å². The molecule has 0 aromatic heterocycles. The van der Waals surface area contributed by atoms with Crippen LogP contribution in [0.2, 0.25) is 5.02 Å². The number of ether oxygens (including phenoxy) is 2. The first-order valence-electron chi connectivity index (χ1n) is 10.1. The van der Waals surface area contributed by atoms with Gasteiger partial charge in [0.2, 0.25) is 5.88 Å². The van der Waals surface area contributed by atoms with Crippen LogP contribution >= 0.6 is 11.6 Å². The monoisotopic (exact) mass is 424 g/mol. The lowest BCUT2D eigenvalue weighted by atomic mass is 9.95. The van der Waals surface area contributed by atoms with E-state index >= 15 is 0 Å². The summed E-state index contributed by atoms with van der Waals surface area (Å²) >= 11 is 6.09. The van der Waals surface area contributed by atoms with Gasteiger partial charge >= 0.3 is 12.2 Å². The summed E-state index contributed by atoms with van der Waals surface area (Å²) in [5.74, 6) is 0.286. The summed E-state index contributed by atoms with van der Waals surface area (Å²) in [7, 11) is 0. The first-order chi connectivity index (χ1) is 14.6. The van der Waals surface area contributed by atoms with Crippen LogP contribution in [0.1, 0.15) is 24.0 Å². The Hall–Kier alpha value is -2.99. The lowest BCUT2D eigenvalue weighted by molar-refractivity contribution is 0.0870. The molecule has 2 aromatic carbocycles. The SMILES string of the molecule is O=C1OC(N2C(=O)OC[C@H]2Cc2ccccc2)=C(c2ccc(Cl)cc2)[C@@H]2CCCN12. The van der Waals surface area contributed by atoms with Gasteiger partial charge in [-0.1, -0.05) is 54.1 Å². The fraction of sp³-hybridized carbons (Fsp3) is 0.304. The van der Waals surface area contributed by atoms with E-state index in [2.05, 4.69) is 0 Å². The van der Waals surface area contributed by atoms with E-state index in [1.165, 1.54) is 4.90 Å². The normalized spacial score (nSPS) is 23.5. The molecule has 3 aliphatic heterocycles. The second kappa shape index (κ2) is 7.69. The van der Waals surface area contributed by atoms with E-state index in [1.807, 2.05) is 42.5 Å². The first kappa shape index (κ1) is 19.0. The molecular formula is C23H21ClN2O4. The lowest BCUT2D eigenvalue weighted by Gasteiger charge is -2.36. The standard InChI is InChI=1S/C23H21ClN2O4/c24-17-10-8-16(9-11-17)20-19-7-4-12-25(19)22(27)30-21(20)26-18(14-29-23(26)28)13-15-5-2-1-3-6-15/h1-3,5-6,8-11,18-19H,4,7,12-14H2/t18-,19+/m1/s1. The maximum Gasteiger partial charge on any atom is 0.417 e. The lowest BCUT2D eigenvalue weighted by Crippen LogP contribution is -2.46. The summed E-state index contributed by atoms with van der Waals surface area (Å²) < 4.78 is 11.2. The maximum absolute atomic E-state index is 12.7. The highest BCUT2D eigenvalue weighted by Crippen LogP contribution is 2.40. The second-order valence-corrected chi connectivity index (χ2v) is 8.17. The molecule has 2 saturated heterocycles. The Kier molecular flexibility index (Phi) is 4.87. The van der Waals surface area contributed by atoms with Gasteiger partial charge in [0.05, 0.1) is 12.1 Å². The molecule has 154 valence electrons. The molecule has 3 aliphatic rings. The van der Waals surface area contributed by atoms with Gasteiger partial charge in [-0.25, -0.2) is 14.5 Å². The molecule has 0 spiro atoms. The minimum absolute atomic E-state index is 0.131. The minimum atomic E-state index is -0.489. The fourth-order valence-electron chi connectivity index (χ4n) is 4.49. The van der Waals surface area contributed by atoms with Gasteiger partial charge in [-0.15, -0.1) is 0 Å². The molecule has 0 bridgehead atoms. The fourth-order valence-corrected chi connectivity index (χ4v) is 4.62. The van der Waals surface area contributed by atoms with Crippen LogP contribution in [-0.4, -0.2) is 47.2 Å². The third-order valence-electron chi connectivity index (χ3n) is 5.88. The van der Waals surface area contributed by atoms with Gasteiger partial charge in [-0.05, 0) is 42.5 Å². The van der Waals surface area contributed by atoms with Crippen molar-refractivity contribution in [1.29, 1.82) is 0 Å². The van der Waals surface area contributed by atoms with Crippen LogP contribution in [0.25, 0.3) is 5.57 Å². The Balaban J connectivity index is 1.59. The molecule has 2 fully saturated rings. The highest BCUT2D eigenvalue weighted by Gasteiger charge is 2.46. The number of rotatable bonds is 4. The molecule has 0 radical (unpaired) electrons. The molecule has 30 heavy (non-hydrogen) atoms. The van der Waals surface area contributed by atoms with E-state index in [0.717, 1.165) is 29.5 Å². The number of hydrogen-bond acceptors (Lipinski definition) is 4. The summed E-state index contributed by atoms with van der Waals surface area (Å²) in [6.07, 6.45) is 1.42. The van der Waals surface area contributed by atoms with Crippen LogP contribution in [0, 0.1) is 0 Å². The summed E-state index contributed by atoms with van der Waals surface area (Å²) in [4.78, 5) is 28.7. The third kappa shape index (κ3) is 3.31. The summed E-state index contributed by atoms with van der Waals surface area (Å²) in [6, 6.07) is 17.0. The van der Waals surface area contributed by atoms with Crippen molar-refractivity contribution >= 4 is 29.4 Å². The Morgan fingerprint density at radius 2 is 1.77 bits per heavy atom. The van der Waals surface area contributed by atoms with E-state index in [9.17, 15) is 9.59 Å². The number of benzene rings is 2.